The largest absolute Gasteiger partial charge is 0.339 e. The summed E-state index contributed by atoms with van der Waals surface area (Å²) in [6.07, 6.45) is 0.907. The van der Waals surface area contributed by atoms with Crippen LogP contribution in [0.5, 0.6) is 0 Å². The molecule has 2 unspecified atom stereocenters. The van der Waals surface area contributed by atoms with E-state index in [1.165, 1.54) is 5.56 Å². The predicted molar refractivity (Wildman–Crippen MR) is 118 cm³/mol. The molecule has 1 aliphatic heterocycles. The van der Waals surface area contributed by atoms with Gasteiger partial charge in [0.25, 0.3) is 0 Å². The van der Waals surface area contributed by atoms with Gasteiger partial charge in [-0.15, -0.1) is 0 Å². The van der Waals surface area contributed by atoms with Crippen molar-refractivity contribution < 1.29 is 9.59 Å². The van der Waals surface area contributed by atoms with Gasteiger partial charge in [-0.05, 0) is 54.7 Å². The number of nitrogens with one attached hydrogen (secondary N) is 1. The molecule has 4 rings (SSSR count). The summed E-state index contributed by atoms with van der Waals surface area (Å²) in [7, 11) is 0. The lowest BCUT2D eigenvalue weighted by atomic mass is 10.1. The quantitative estimate of drug-likeness (QED) is 0.686. The van der Waals surface area contributed by atoms with Crippen LogP contribution in [0.2, 0.25) is 5.02 Å². The molecule has 2 aromatic rings. The molecule has 2 aliphatic rings. The minimum atomic E-state index is -0.157. The van der Waals surface area contributed by atoms with Crippen LogP contribution in [0.15, 0.2) is 46.9 Å². The Morgan fingerprint density at radius 1 is 1.07 bits per heavy atom. The van der Waals surface area contributed by atoms with E-state index in [4.69, 9.17) is 11.6 Å². The number of nitrogens with zero attached hydrogens (tertiary/aromatic N) is 2. The van der Waals surface area contributed by atoms with Gasteiger partial charge in [-0.25, -0.2) is 4.79 Å². The summed E-state index contributed by atoms with van der Waals surface area (Å²) in [6.45, 7) is 4.13. The molecule has 2 aromatic carbocycles. The maximum Gasteiger partial charge on any atom is 0.321 e. The van der Waals surface area contributed by atoms with Gasteiger partial charge in [-0.2, -0.15) is 0 Å². The fourth-order valence-electron chi connectivity index (χ4n) is 3.81. The van der Waals surface area contributed by atoms with Crippen molar-refractivity contribution in [1.82, 2.24) is 9.80 Å². The van der Waals surface area contributed by atoms with Gasteiger partial charge in [-0.1, -0.05) is 45.7 Å². The maximum absolute atomic E-state index is 12.8. The zero-order valence-corrected chi connectivity index (χ0v) is 18.5. The fourth-order valence-corrected chi connectivity index (χ4v) is 4.41. The van der Waals surface area contributed by atoms with Crippen molar-refractivity contribution >= 4 is 45.2 Å². The molecule has 29 heavy (non-hydrogen) atoms. The van der Waals surface area contributed by atoms with E-state index in [2.05, 4.69) is 33.4 Å². The first-order valence-corrected chi connectivity index (χ1v) is 11.0. The Labute approximate surface area is 184 Å². The standard InChI is InChI=1S/C22H23BrClN3O2/c1-14-5-6-17(12-20(14)24)25-22(29)27-9-7-26(8-10-27)21(28)19-13-18(19)15-3-2-4-16(23)11-15/h2-6,11-12,18-19H,7-10,13H2,1H3,(H,25,29). The number of piperazine rings is 1. The molecule has 0 spiro atoms. The lowest BCUT2D eigenvalue weighted by molar-refractivity contribution is -0.134. The topological polar surface area (TPSA) is 52.7 Å². The van der Waals surface area contributed by atoms with Crippen molar-refractivity contribution in [2.24, 2.45) is 5.92 Å². The molecule has 152 valence electrons. The molecule has 5 nitrogen and oxygen atoms in total. The second-order valence-electron chi connectivity index (χ2n) is 7.71. The molecule has 0 radical (unpaired) electrons. The molecule has 3 amide bonds. The molecule has 0 bridgehead atoms. The normalized spacial score (nSPS) is 21.1. The molecular weight excluding hydrogens is 454 g/mol. The van der Waals surface area contributed by atoms with Crippen LogP contribution >= 0.6 is 27.5 Å². The van der Waals surface area contributed by atoms with Gasteiger partial charge in [0, 0.05) is 47.3 Å². The van der Waals surface area contributed by atoms with E-state index >= 15 is 0 Å². The summed E-state index contributed by atoms with van der Waals surface area (Å²) in [5.41, 5.74) is 2.87. The Bertz CT molecular complexity index is 943. The molecular formula is C22H23BrClN3O2. The first kappa shape index (κ1) is 20.2. The van der Waals surface area contributed by atoms with Crippen molar-refractivity contribution in [3.8, 4) is 0 Å². The average Bonchev–Trinajstić information content (AvgIpc) is 3.51. The lowest BCUT2D eigenvalue weighted by Crippen LogP contribution is -2.52. The Hall–Kier alpha value is -2.05. The number of aryl methyl sites for hydroxylation is 1. The van der Waals surface area contributed by atoms with Gasteiger partial charge >= 0.3 is 6.03 Å². The van der Waals surface area contributed by atoms with Crippen LogP contribution in [0.4, 0.5) is 10.5 Å². The first-order chi connectivity index (χ1) is 13.9. The minimum Gasteiger partial charge on any atom is -0.339 e. The number of urea groups is 1. The van der Waals surface area contributed by atoms with Gasteiger partial charge in [-0.3, -0.25) is 4.79 Å². The van der Waals surface area contributed by atoms with Crippen LogP contribution in [0.25, 0.3) is 0 Å². The highest BCUT2D eigenvalue weighted by Gasteiger charge is 2.46. The van der Waals surface area contributed by atoms with Crippen LogP contribution in [-0.4, -0.2) is 47.9 Å². The van der Waals surface area contributed by atoms with Gasteiger partial charge in [0.05, 0.1) is 0 Å². The van der Waals surface area contributed by atoms with Gasteiger partial charge in [0.2, 0.25) is 5.91 Å². The highest BCUT2D eigenvalue weighted by molar-refractivity contribution is 9.10. The summed E-state index contributed by atoms with van der Waals surface area (Å²) < 4.78 is 1.04. The highest BCUT2D eigenvalue weighted by Crippen LogP contribution is 2.48. The molecule has 1 N–H and O–H groups in total. The van der Waals surface area contributed by atoms with Gasteiger partial charge in [0.15, 0.2) is 0 Å². The number of amides is 3. The summed E-state index contributed by atoms with van der Waals surface area (Å²) >= 11 is 9.62. The van der Waals surface area contributed by atoms with Gasteiger partial charge < -0.3 is 15.1 Å². The Morgan fingerprint density at radius 3 is 2.48 bits per heavy atom. The number of benzene rings is 2. The SMILES string of the molecule is Cc1ccc(NC(=O)N2CCN(C(=O)C3CC3c3cccc(Br)c3)CC2)cc1Cl. The van der Waals surface area contributed by atoms with Crippen LogP contribution in [0, 0.1) is 12.8 Å². The number of carbonyl (C=O) groups excluding carboxylic acids is 2. The van der Waals surface area contributed by atoms with E-state index in [9.17, 15) is 9.59 Å². The molecule has 2 fully saturated rings. The molecule has 0 aromatic heterocycles. The third kappa shape index (κ3) is 4.59. The Morgan fingerprint density at radius 2 is 1.79 bits per heavy atom. The Balaban J connectivity index is 1.28. The number of hydrogen-bond donors (Lipinski definition) is 1. The number of rotatable bonds is 3. The summed E-state index contributed by atoms with van der Waals surface area (Å²) in [5.74, 6) is 0.590. The second-order valence-corrected chi connectivity index (χ2v) is 9.03. The fraction of sp³-hybridized carbons (Fsp3) is 0.364. The molecule has 2 atom stereocenters. The molecule has 1 aliphatic carbocycles. The van der Waals surface area contributed by atoms with Crippen LogP contribution in [-0.2, 0) is 4.79 Å². The van der Waals surface area contributed by atoms with E-state index in [-0.39, 0.29) is 17.9 Å². The molecule has 7 heteroatoms. The van der Waals surface area contributed by atoms with E-state index in [0.29, 0.717) is 42.8 Å². The number of hydrogen-bond acceptors (Lipinski definition) is 2. The summed E-state index contributed by atoms with van der Waals surface area (Å²) in [4.78, 5) is 29.0. The second kappa shape index (κ2) is 8.36. The zero-order chi connectivity index (χ0) is 20.5. The number of anilines is 1. The Kier molecular flexibility index (Phi) is 5.83. The van der Waals surface area contributed by atoms with E-state index in [0.717, 1.165) is 16.5 Å². The predicted octanol–water partition coefficient (Wildman–Crippen LogP) is 4.89. The third-order valence-corrected chi connectivity index (χ3v) is 6.59. The van der Waals surface area contributed by atoms with E-state index < -0.39 is 0 Å². The van der Waals surface area contributed by atoms with E-state index in [1.54, 1.807) is 11.0 Å². The van der Waals surface area contributed by atoms with Crippen molar-refractivity contribution in [2.75, 3.05) is 31.5 Å². The van der Waals surface area contributed by atoms with Crippen LogP contribution in [0.1, 0.15) is 23.5 Å². The average molecular weight is 477 g/mol. The number of carbonyl (C=O) groups is 2. The first-order valence-electron chi connectivity index (χ1n) is 9.78. The highest BCUT2D eigenvalue weighted by atomic mass is 79.9. The monoisotopic (exact) mass is 475 g/mol. The molecule has 1 heterocycles. The zero-order valence-electron chi connectivity index (χ0n) is 16.2. The third-order valence-electron chi connectivity index (χ3n) is 5.69. The number of halogens is 2. The van der Waals surface area contributed by atoms with Crippen molar-refractivity contribution in [2.45, 2.75) is 19.3 Å². The van der Waals surface area contributed by atoms with Crippen LogP contribution < -0.4 is 5.32 Å². The summed E-state index contributed by atoms with van der Waals surface area (Å²) in [6, 6.07) is 13.5. The minimum absolute atomic E-state index is 0.0689. The van der Waals surface area contributed by atoms with Crippen molar-refractivity contribution in [1.29, 1.82) is 0 Å². The van der Waals surface area contributed by atoms with Crippen LogP contribution in [0.3, 0.4) is 0 Å². The molecule has 1 saturated carbocycles. The summed E-state index contributed by atoms with van der Waals surface area (Å²) in [5, 5.41) is 3.51. The molecule has 1 saturated heterocycles. The van der Waals surface area contributed by atoms with E-state index in [1.807, 2.05) is 36.1 Å². The van der Waals surface area contributed by atoms with Crippen molar-refractivity contribution in [3.63, 3.8) is 0 Å². The van der Waals surface area contributed by atoms with Gasteiger partial charge in [0.1, 0.15) is 0 Å². The smallest absolute Gasteiger partial charge is 0.321 e. The lowest BCUT2D eigenvalue weighted by Gasteiger charge is -2.35. The van der Waals surface area contributed by atoms with Crippen molar-refractivity contribution in [3.05, 3.63) is 63.1 Å². The maximum atomic E-state index is 12.8.